The van der Waals surface area contributed by atoms with Crippen LogP contribution in [-0.4, -0.2) is 37.1 Å². The van der Waals surface area contributed by atoms with Gasteiger partial charge in [-0.15, -0.1) is 0 Å². The maximum absolute atomic E-state index is 11.4. The van der Waals surface area contributed by atoms with Crippen LogP contribution in [0, 0.1) is 10.1 Å². The van der Waals surface area contributed by atoms with Crippen LogP contribution in [0.2, 0.25) is 0 Å². The summed E-state index contributed by atoms with van der Waals surface area (Å²) in [6.45, 7) is 0. The van der Waals surface area contributed by atoms with Crippen molar-refractivity contribution in [3.05, 3.63) is 52.3 Å². The van der Waals surface area contributed by atoms with Crippen LogP contribution in [0.1, 0.15) is 12.2 Å². The minimum absolute atomic E-state index is 0.00900. The van der Waals surface area contributed by atoms with E-state index in [1.807, 2.05) is 0 Å². The molecular formula is C15H14N2O5S. The Morgan fingerprint density at radius 1 is 1.30 bits per heavy atom. The van der Waals surface area contributed by atoms with Crippen molar-refractivity contribution in [2.45, 2.75) is 12.5 Å². The van der Waals surface area contributed by atoms with Crippen LogP contribution < -0.4 is 0 Å². The summed E-state index contributed by atoms with van der Waals surface area (Å²) < 4.78 is 28.3. The van der Waals surface area contributed by atoms with E-state index >= 15 is 0 Å². The number of aliphatic imine (C=N–C) groups is 1. The Kier molecular flexibility index (Phi) is 3.99. The molecule has 0 spiro atoms. The molecule has 0 N–H and O–H groups in total. The van der Waals surface area contributed by atoms with Crippen LogP contribution in [-0.2, 0) is 9.84 Å². The van der Waals surface area contributed by atoms with Gasteiger partial charge in [-0.1, -0.05) is 12.1 Å². The number of rotatable bonds is 4. The summed E-state index contributed by atoms with van der Waals surface area (Å²) >= 11 is 0. The molecule has 1 aliphatic heterocycles. The van der Waals surface area contributed by atoms with Crippen LogP contribution >= 0.6 is 0 Å². The van der Waals surface area contributed by atoms with E-state index in [1.165, 1.54) is 18.3 Å². The number of hydrogen-bond donors (Lipinski definition) is 0. The van der Waals surface area contributed by atoms with E-state index in [1.54, 1.807) is 24.3 Å². The highest BCUT2D eigenvalue weighted by molar-refractivity contribution is 7.91. The zero-order valence-corrected chi connectivity index (χ0v) is 12.9. The van der Waals surface area contributed by atoms with Crippen molar-refractivity contribution in [1.82, 2.24) is 0 Å². The number of hydrogen-bond acceptors (Lipinski definition) is 6. The fraction of sp³-hybridized carbons (Fsp3) is 0.267. The fourth-order valence-corrected chi connectivity index (χ4v) is 4.06. The van der Waals surface area contributed by atoms with Crippen molar-refractivity contribution in [2.75, 3.05) is 11.5 Å². The number of sulfone groups is 1. The predicted octanol–water partition coefficient (Wildman–Crippen LogP) is 2.46. The first kappa shape index (κ1) is 15.4. The molecule has 0 amide bonds. The molecule has 7 nitrogen and oxygen atoms in total. The van der Waals surface area contributed by atoms with Gasteiger partial charge in [-0.25, -0.2) is 8.42 Å². The quantitative estimate of drug-likeness (QED) is 0.485. The first-order valence-electron chi connectivity index (χ1n) is 7.01. The van der Waals surface area contributed by atoms with Gasteiger partial charge in [-0.05, 0) is 18.6 Å². The van der Waals surface area contributed by atoms with Crippen molar-refractivity contribution >= 4 is 21.7 Å². The molecule has 2 heterocycles. The van der Waals surface area contributed by atoms with Gasteiger partial charge in [0.25, 0.3) is 5.69 Å². The van der Waals surface area contributed by atoms with Gasteiger partial charge < -0.3 is 4.42 Å². The first-order chi connectivity index (χ1) is 10.9. The molecule has 0 aliphatic carbocycles. The van der Waals surface area contributed by atoms with Crippen LogP contribution in [0.4, 0.5) is 5.69 Å². The molecule has 1 fully saturated rings. The Morgan fingerprint density at radius 3 is 2.83 bits per heavy atom. The second-order valence-corrected chi connectivity index (χ2v) is 7.57. The van der Waals surface area contributed by atoms with Crippen LogP contribution in [0.15, 0.2) is 45.8 Å². The molecule has 1 unspecified atom stereocenters. The van der Waals surface area contributed by atoms with E-state index in [0.717, 1.165) is 0 Å². The van der Waals surface area contributed by atoms with Crippen molar-refractivity contribution in [3.63, 3.8) is 0 Å². The molecule has 1 aromatic heterocycles. The molecule has 0 saturated carbocycles. The van der Waals surface area contributed by atoms with Gasteiger partial charge in [-0.3, -0.25) is 15.1 Å². The molecule has 120 valence electrons. The monoisotopic (exact) mass is 334 g/mol. The van der Waals surface area contributed by atoms with Gasteiger partial charge in [0, 0.05) is 17.7 Å². The van der Waals surface area contributed by atoms with Gasteiger partial charge in [0.2, 0.25) is 0 Å². The van der Waals surface area contributed by atoms with Gasteiger partial charge >= 0.3 is 0 Å². The summed E-state index contributed by atoms with van der Waals surface area (Å²) in [6.07, 6.45) is 2.03. The minimum atomic E-state index is -2.96. The summed E-state index contributed by atoms with van der Waals surface area (Å²) in [5.41, 5.74) is 0.590. The second kappa shape index (κ2) is 5.96. The maximum Gasteiger partial charge on any atom is 0.270 e. The molecule has 2 aromatic rings. The Morgan fingerprint density at radius 2 is 2.13 bits per heavy atom. The molecule has 23 heavy (non-hydrogen) atoms. The number of nitro groups is 1. The van der Waals surface area contributed by atoms with Crippen molar-refractivity contribution in [1.29, 1.82) is 0 Å². The molecule has 0 radical (unpaired) electrons. The van der Waals surface area contributed by atoms with Crippen molar-refractivity contribution in [2.24, 2.45) is 4.99 Å². The number of benzene rings is 1. The summed E-state index contributed by atoms with van der Waals surface area (Å²) in [6, 6.07) is 9.32. The number of non-ortho nitro benzene ring substituents is 1. The van der Waals surface area contributed by atoms with E-state index in [4.69, 9.17) is 4.42 Å². The highest BCUT2D eigenvalue weighted by Crippen LogP contribution is 2.25. The zero-order chi connectivity index (χ0) is 16.4. The Hall–Kier alpha value is -2.48. The topological polar surface area (TPSA) is 103 Å². The third-order valence-corrected chi connectivity index (χ3v) is 5.34. The minimum Gasteiger partial charge on any atom is -0.455 e. The lowest BCUT2D eigenvalue weighted by atomic mass is 10.1. The SMILES string of the molecule is O=[N+]([O-])c1cccc(-c2ccc(C=NC3CCS(=O)(=O)C3)o2)c1. The molecular weight excluding hydrogens is 320 g/mol. The normalized spacial score (nSPS) is 20.1. The highest BCUT2D eigenvalue weighted by atomic mass is 32.2. The average molecular weight is 334 g/mol. The Labute approximate surface area is 132 Å². The Bertz CT molecular complexity index is 869. The second-order valence-electron chi connectivity index (χ2n) is 5.34. The van der Waals surface area contributed by atoms with Crippen LogP contribution in [0.3, 0.4) is 0 Å². The van der Waals surface area contributed by atoms with Gasteiger partial charge in [0.1, 0.15) is 11.5 Å². The molecule has 3 rings (SSSR count). The summed E-state index contributed by atoms with van der Waals surface area (Å²) in [7, 11) is -2.96. The third-order valence-electron chi connectivity index (χ3n) is 3.59. The van der Waals surface area contributed by atoms with Gasteiger partial charge in [-0.2, -0.15) is 0 Å². The summed E-state index contributed by atoms with van der Waals surface area (Å²) in [4.78, 5) is 14.6. The predicted molar refractivity (Wildman–Crippen MR) is 85.5 cm³/mol. The molecule has 1 aromatic carbocycles. The maximum atomic E-state index is 11.4. The first-order valence-corrected chi connectivity index (χ1v) is 8.83. The molecule has 1 saturated heterocycles. The van der Waals surface area contributed by atoms with Gasteiger partial charge in [0.15, 0.2) is 9.84 Å². The Balaban J connectivity index is 1.76. The number of nitrogens with zero attached hydrogens (tertiary/aromatic N) is 2. The number of furan rings is 1. The van der Waals surface area contributed by atoms with Crippen molar-refractivity contribution < 1.29 is 17.8 Å². The lowest BCUT2D eigenvalue weighted by Crippen LogP contribution is -2.07. The van der Waals surface area contributed by atoms with Crippen LogP contribution in [0.5, 0.6) is 0 Å². The van der Waals surface area contributed by atoms with Gasteiger partial charge in [0.05, 0.1) is 28.7 Å². The third kappa shape index (κ3) is 3.65. The molecule has 1 aliphatic rings. The lowest BCUT2D eigenvalue weighted by Gasteiger charge is -1.98. The smallest absolute Gasteiger partial charge is 0.270 e. The van der Waals surface area contributed by atoms with E-state index < -0.39 is 14.8 Å². The van der Waals surface area contributed by atoms with E-state index in [9.17, 15) is 18.5 Å². The standard InChI is InChI=1S/C15H14N2O5S/c18-17(19)13-3-1-2-11(8-13)15-5-4-14(22-15)9-16-12-6-7-23(20,21)10-12/h1-5,8-9,12H,6-7,10H2. The van der Waals surface area contributed by atoms with Crippen molar-refractivity contribution in [3.8, 4) is 11.3 Å². The average Bonchev–Trinajstić information content (AvgIpc) is 3.11. The summed E-state index contributed by atoms with van der Waals surface area (Å²) in [5.74, 6) is 1.22. The molecule has 0 bridgehead atoms. The molecule has 8 heteroatoms. The summed E-state index contributed by atoms with van der Waals surface area (Å²) in [5, 5.41) is 10.8. The van der Waals surface area contributed by atoms with E-state index in [2.05, 4.69) is 4.99 Å². The zero-order valence-electron chi connectivity index (χ0n) is 12.1. The largest absolute Gasteiger partial charge is 0.455 e. The van der Waals surface area contributed by atoms with Crippen LogP contribution in [0.25, 0.3) is 11.3 Å². The number of nitro benzene ring substituents is 1. The highest BCUT2D eigenvalue weighted by Gasteiger charge is 2.26. The van der Waals surface area contributed by atoms with E-state index in [-0.39, 0.29) is 23.2 Å². The fourth-order valence-electron chi connectivity index (χ4n) is 2.42. The van der Waals surface area contributed by atoms with E-state index in [0.29, 0.717) is 23.5 Å². The lowest BCUT2D eigenvalue weighted by molar-refractivity contribution is -0.384. The molecule has 1 atom stereocenters.